The first-order chi connectivity index (χ1) is 12.9. The minimum absolute atomic E-state index is 0.0265. The standard InChI is InChI=1S/C19H21N5O3/c1-11(2)26-16-8-6-5-7-14(16)21-19-20-12(3)9-15(22-19)18(25)23-17-10-13(4)27-24-17/h5-11H,1-4H3,(H,20,21,22)(H,23,24,25). The van der Waals surface area contributed by atoms with Crippen molar-refractivity contribution in [2.75, 3.05) is 10.6 Å². The molecule has 0 spiro atoms. The zero-order valence-corrected chi connectivity index (χ0v) is 15.6. The number of carbonyl (C=O) groups excluding carboxylic acids is 1. The molecular weight excluding hydrogens is 346 g/mol. The molecule has 27 heavy (non-hydrogen) atoms. The summed E-state index contributed by atoms with van der Waals surface area (Å²) < 4.78 is 10.7. The van der Waals surface area contributed by atoms with Crippen molar-refractivity contribution in [3.63, 3.8) is 0 Å². The molecule has 2 aromatic heterocycles. The number of nitrogens with one attached hydrogen (secondary N) is 2. The van der Waals surface area contributed by atoms with Gasteiger partial charge in [0.25, 0.3) is 5.91 Å². The third kappa shape index (κ3) is 4.81. The van der Waals surface area contributed by atoms with Crippen molar-refractivity contribution in [1.82, 2.24) is 15.1 Å². The van der Waals surface area contributed by atoms with Gasteiger partial charge in [0.2, 0.25) is 5.95 Å². The number of aromatic nitrogens is 3. The number of aryl methyl sites for hydroxylation is 2. The van der Waals surface area contributed by atoms with Crippen LogP contribution >= 0.6 is 0 Å². The van der Waals surface area contributed by atoms with Gasteiger partial charge in [0.15, 0.2) is 5.82 Å². The maximum atomic E-state index is 12.5. The van der Waals surface area contributed by atoms with Gasteiger partial charge in [0, 0.05) is 11.8 Å². The molecule has 3 rings (SSSR count). The summed E-state index contributed by atoms with van der Waals surface area (Å²) in [5.74, 6) is 1.52. The fourth-order valence-corrected chi connectivity index (χ4v) is 2.39. The smallest absolute Gasteiger partial charge is 0.275 e. The molecule has 0 fully saturated rings. The van der Waals surface area contributed by atoms with Gasteiger partial charge in [-0.25, -0.2) is 9.97 Å². The van der Waals surface area contributed by atoms with Crippen molar-refractivity contribution < 1.29 is 14.1 Å². The lowest BCUT2D eigenvalue weighted by Crippen LogP contribution is -2.16. The van der Waals surface area contributed by atoms with E-state index in [1.54, 1.807) is 26.0 Å². The molecule has 0 saturated carbocycles. The van der Waals surface area contributed by atoms with Crippen molar-refractivity contribution in [3.05, 3.63) is 53.5 Å². The Hall–Kier alpha value is -3.42. The number of rotatable bonds is 6. The average Bonchev–Trinajstić information content (AvgIpc) is 3.00. The Morgan fingerprint density at radius 1 is 1.15 bits per heavy atom. The Morgan fingerprint density at radius 2 is 1.93 bits per heavy atom. The topological polar surface area (TPSA) is 102 Å². The van der Waals surface area contributed by atoms with E-state index in [0.29, 0.717) is 29.0 Å². The summed E-state index contributed by atoms with van der Waals surface area (Å²) in [6, 6.07) is 10.7. The van der Waals surface area contributed by atoms with Gasteiger partial charge in [-0.3, -0.25) is 4.79 Å². The molecule has 0 unspecified atom stereocenters. The maximum absolute atomic E-state index is 12.5. The Labute approximate surface area is 157 Å². The third-order valence-corrected chi connectivity index (χ3v) is 3.45. The molecule has 0 radical (unpaired) electrons. The molecule has 1 aromatic carbocycles. The van der Waals surface area contributed by atoms with Crippen LogP contribution in [0.4, 0.5) is 17.5 Å². The number of nitrogens with zero attached hydrogens (tertiary/aromatic N) is 3. The van der Waals surface area contributed by atoms with Crippen LogP contribution in [-0.2, 0) is 0 Å². The van der Waals surface area contributed by atoms with Gasteiger partial charge in [-0.15, -0.1) is 0 Å². The van der Waals surface area contributed by atoms with Crippen molar-refractivity contribution in [2.45, 2.75) is 33.8 Å². The lowest BCUT2D eigenvalue weighted by atomic mass is 10.3. The van der Waals surface area contributed by atoms with E-state index in [-0.39, 0.29) is 11.8 Å². The molecule has 0 bridgehead atoms. The Bertz CT molecular complexity index is 952. The minimum atomic E-state index is -0.399. The molecule has 8 heteroatoms. The van der Waals surface area contributed by atoms with E-state index < -0.39 is 5.91 Å². The molecule has 2 N–H and O–H groups in total. The molecule has 8 nitrogen and oxygen atoms in total. The summed E-state index contributed by atoms with van der Waals surface area (Å²) in [5, 5.41) is 9.52. The highest BCUT2D eigenvalue weighted by molar-refractivity contribution is 6.02. The molecule has 140 valence electrons. The number of amides is 1. The zero-order chi connectivity index (χ0) is 19.4. The number of hydrogen-bond donors (Lipinski definition) is 2. The highest BCUT2D eigenvalue weighted by atomic mass is 16.5. The van der Waals surface area contributed by atoms with Crippen molar-refractivity contribution in [1.29, 1.82) is 0 Å². The first kappa shape index (κ1) is 18.4. The number of ether oxygens (including phenoxy) is 1. The SMILES string of the molecule is Cc1cc(C(=O)Nc2cc(C)on2)nc(Nc2ccccc2OC(C)C)n1. The molecule has 2 heterocycles. The van der Waals surface area contributed by atoms with Crippen LogP contribution < -0.4 is 15.4 Å². The minimum Gasteiger partial charge on any atom is -0.489 e. The van der Waals surface area contributed by atoms with E-state index in [1.807, 2.05) is 38.1 Å². The molecule has 0 aliphatic heterocycles. The molecule has 1 amide bonds. The van der Waals surface area contributed by atoms with E-state index in [2.05, 4.69) is 25.8 Å². The second-order valence-corrected chi connectivity index (χ2v) is 6.28. The fourth-order valence-electron chi connectivity index (χ4n) is 2.39. The van der Waals surface area contributed by atoms with Crippen molar-refractivity contribution in [2.24, 2.45) is 0 Å². The van der Waals surface area contributed by atoms with Crippen LogP contribution in [0.5, 0.6) is 5.75 Å². The van der Waals surface area contributed by atoms with Crippen molar-refractivity contribution >= 4 is 23.4 Å². The first-order valence-corrected chi connectivity index (χ1v) is 8.54. The van der Waals surface area contributed by atoms with E-state index in [0.717, 1.165) is 5.69 Å². The second kappa shape index (κ2) is 7.86. The van der Waals surface area contributed by atoms with Crippen LogP contribution in [0.1, 0.15) is 35.8 Å². The van der Waals surface area contributed by atoms with Crippen LogP contribution in [0.15, 0.2) is 40.9 Å². The van der Waals surface area contributed by atoms with Gasteiger partial charge < -0.3 is 19.9 Å². The Kier molecular flexibility index (Phi) is 5.35. The second-order valence-electron chi connectivity index (χ2n) is 6.28. The number of anilines is 3. The molecule has 0 saturated heterocycles. The van der Waals surface area contributed by atoms with Crippen LogP contribution in [0.2, 0.25) is 0 Å². The normalized spacial score (nSPS) is 10.7. The van der Waals surface area contributed by atoms with E-state index in [4.69, 9.17) is 9.26 Å². The van der Waals surface area contributed by atoms with Crippen LogP contribution in [0, 0.1) is 13.8 Å². The number of carbonyl (C=O) groups is 1. The Morgan fingerprint density at radius 3 is 2.63 bits per heavy atom. The lowest BCUT2D eigenvalue weighted by Gasteiger charge is -2.15. The van der Waals surface area contributed by atoms with Gasteiger partial charge in [-0.1, -0.05) is 17.3 Å². The Balaban J connectivity index is 1.82. The number of benzene rings is 1. The third-order valence-electron chi connectivity index (χ3n) is 3.45. The first-order valence-electron chi connectivity index (χ1n) is 8.54. The molecule has 0 aliphatic carbocycles. The van der Waals surface area contributed by atoms with Crippen LogP contribution in [0.3, 0.4) is 0 Å². The van der Waals surface area contributed by atoms with Gasteiger partial charge in [-0.2, -0.15) is 0 Å². The van der Waals surface area contributed by atoms with Gasteiger partial charge in [0.1, 0.15) is 17.2 Å². The molecular formula is C19H21N5O3. The molecule has 3 aromatic rings. The predicted octanol–water partition coefficient (Wildman–Crippen LogP) is 3.86. The summed E-state index contributed by atoms with van der Waals surface area (Å²) in [4.78, 5) is 21.1. The van der Waals surface area contributed by atoms with Gasteiger partial charge in [0.05, 0.1) is 11.8 Å². The van der Waals surface area contributed by atoms with Crippen LogP contribution in [0.25, 0.3) is 0 Å². The summed E-state index contributed by atoms with van der Waals surface area (Å²) in [6.07, 6.45) is 0.0265. The highest BCUT2D eigenvalue weighted by Crippen LogP contribution is 2.27. The maximum Gasteiger partial charge on any atom is 0.275 e. The van der Waals surface area contributed by atoms with Gasteiger partial charge >= 0.3 is 0 Å². The summed E-state index contributed by atoms with van der Waals surface area (Å²) in [5.41, 5.74) is 1.58. The summed E-state index contributed by atoms with van der Waals surface area (Å²) in [6.45, 7) is 7.44. The largest absolute Gasteiger partial charge is 0.489 e. The van der Waals surface area contributed by atoms with E-state index in [9.17, 15) is 4.79 Å². The number of hydrogen-bond acceptors (Lipinski definition) is 7. The lowest BCUT2D eigenvalue weighted by molar-refractivity contribution is 0.102. The zero-order valence-electron chi connectivity index (χ0n) is 15.6. The monoisotopic (exact) mass is 367 g/mol. The number of para-hydroxylation sites is 2. The van der Waals surface area contributed by atoms with Crippen LogP contribution in [-0.4, -0.2) is 27.1 Å². The molecule has 0 atom stereocenters. The summed E-state index contributed by atoms with van der Waals surface area (Å²) in [7, 11) is 0. The van der Waals surface area contributed by atoms with E-state index in [1.165, 1.54) is 0 Å². The van der Waals surface area contributed by atoms with Gasteiger partial charge in [-0.05, 0) is 45.9 Å². The quantitative estimate of drug-likeness (QED) is 0.682. The fraction of sp³-hybridized carbons (Fsp3) is 0.263. The molecule has 0 aliphatic rings. The van der Waals surface area contributed by atoms with Crippen molar-refractivity contribution in [3.8, 4) is 5.75 Å². The average molecular weight is 367 g/mol. The van der Waals surface area contributed by atoms with E-state index >= 15 is 0 Å². The highest BCUT2D eigenvalue weighted by Gasteiger charge is 2.14. The summed E-state index contributed by atoms with van der Waals surface area (Å²) >= 11 is 0. The predicted molar refractivity (Wildman–Crippen MR) is 101 cm³/mol.